The van der Waals surface area contributed by atoms with Gasteiger partial charge in [0.05, 0.1) is 18.2 Å². The van der Waals surface area contributed by atoms with Crippen LogP contribution in [-0.4, -0.2) is 36.3 Å². The number of nitrogens with zero attached hydrogens (tertiary/aromatic N) is 2. The highest BCUT2D eigenvalue weighted by Crippen LogP contribution is 2.29. The van der Waals surface area contributed by atoms with Crippen LogP contribution in [0.4, 0.5) is 11.4 Å². The molecule has 144 valence electrons. The topological polar surface area (TPSA) is 66.9 Å². The summed E-state index contributed by atoms with van der Waals surface area (Å²) in [7, 11) is 1.57. The first-order chi connectivity index (χ1) is 14.1. The van der Waals surface area contributed by atoms with Gasteiger partial charge in [-0.05, 0) is 48.5 Å². The van der Waals surface area contributed by atoms with Crippen molar-refractivity contribution in [1.82, 2.24) is 4.90 Å². The Morgan fingerprint density at radius 1 is 0.793 bits per heavy atom. The second kappa shape index (κ2) is 7.59. The fraction of sp³-hybridized carbons (Fsp3) is 0.0870. The van der Waals surface area contributed by atoms with Crippen LogP contribution in [0.15, 0.2) is 78.9 Å². The zero-order valence-corrected chi connectivity index (χ0v) is 15.7. The van der Waals surface area contributed by atoms with E-state index in [0.29, 0.717) is 28.3 Å². The molecule has 6 heteroatoms. The van der Waals surface area contributed by atoms with E-state index >= 15 is 0 Å². The molecule has 0 radical (unpaired) electrons. The van der Waals surface area contributed by atoms with E-state index in [2.05, 4.69) is 0 Å². The van der Waals surface area contributed by atoms with Crippen molar-refractivity contribution in [1.29, 1.82) is 0 Å². The molecule has 4 rings (SSSR count). The van der Waals surface area contributed by atoms with Gasteiger partial charge in [0.2, 0.25) is 0 Å². The number of imide groups is 1. The minimum atomic E-state index is -0.457. The van der Waals surface area contributed by atoms with Crippen molar-refractivity contribution < 1.29 is 19.1 Å². The summed E-state index contributed by atoms with van der Waals surface area (Å²) in [4.78, 5) is 41.0. The molecule has 0 saturated carbocycles. The molecule has 0 aromatic heterocycles. The van der Waals surface area contributed by atoms with Crippen molar-refractivity contribution in [2.24, 2.45) is 0 Å². The number of benzene rings is 3. The lowest BCUT2D eigenvalue weighted by Gasteiger charge is -2.25. The maximum Gasteiger partial charge on any atom is 0.262 e. The van der Waals surface area contributed by atoms with E-state index in [9.17, 15) is 14.4 Å². The molecule has 0 aliphatic carbocycles. The Kier molecular flexibility index (Phi) is 4.83. The van der Waals surface area contributed by atoms with Gasteiger partial charge in [-0.25, -0.2) is 0 Å². The molecule has 29 heavy (non-hydrogen) atoms. The minimum Gasteiger partial charge on any atom is -0.497 e. The Labute approximate surface area is 167 Å². The smallest absolute Gasteiger partial charge is 0.262 e. The largest absolute Gasteiger partial charge is 0.497 e. The first-order valence-electron chi connectivity index (χ1n) is 9.07. The second-order valence-electron chi connectivity index (χ2n) is 6.50. The Balaban J connectivity index is 1.66. The van der Waals surface area contributed by atoms with Crippen molar-refractivity contribution in [3.63, 3.8) is 0 Å². The number of hydrogen-bond donors (Lipinski definition) is 0. The summed E-state index contributed by atoms with van der Waals surface area (Å²) >= 11 is 0. The Bertz CT molecular complexity index is 1040. The van der Waals surface area contributed by atoms with E-state index in [1.807, 2.05) is 18.2 Å². The van der Waals surface area contributed by atoms with Gasteiger partial charge in [0.25, 0.3) is 17.7 Å². The monoisotopic (exact) mass is 386 g/mol. The van der Waals surface area contributed by atoms with Gasteiger partial charge < -0.3 is 4.74 Å². The third kappa shape index (κ3) is 3.36. The Morgan fingerprint density at radius 2 is 1.31 bits per heavy atom. The highest BCUT2D eigenvalue weighted by atomic mass is 16.5. The van der Waals surface area contributed by atoms with Crippen molar-refractivity contribution in [2.45, 2.75) is 0 Å². The number of hydrogen-bond acceptors (Lipinski definition) is 4. The summed E-state index contributed by atoms with van der Waals surface area (Å²) in [5.41, 5.74) is 1.89. The molecule has 0 unspecified atom stereocenters. The van der Waals surface area contributed by atoms with Gasteiger partial charge >= 0.3 is 0 Å². The minimum absolute atomic E-state index is 0.320. The third-order valence-corrected chi connectivity index (χ3v) is 4.77. The molecule has 0 spiro atoms. The first kappa shape index (κ1) is 18.4. The fourth-order valence-electron chi connectivity index (χ4n) is 3.33. The number of methoxy groups -OCH3 is 1. The van der Waals surface area contributed by atoms with Crippen LogP contribution in [0.5, 0.6) is 5.75 Å². The van der Waals surface area contributed by atoms with Crippen LogP contribution in [0.25, 0.3) is 0 Å². The Morgan fingerprint density at radius 3 is 1.86 bits per heavy atom. The van der Waals surface area contributed by atoms with E-state index in [0.717, 1.165) is 4.90 Å². The number of para-hydroxylation sites is 1. The van der Waals surface area contributed by atoms with Crippen molar-refractivity contribution in [3.8, 4) is 5.75 Å². The number of rotatable bonds is 5. The second-order valence-corrected chi connectivity index (χ2v) is 6.50. The molecule has 0 saturated heterocycles. The number of ether oxygens (including phenoxy) is 1. The van der Waals surface area contributed by atoms with E-state index < -0.39 is 17.7 Å². The van der Waals surface area contributed by atoms with Crippen LogP contribution in [0.3, 0.4) is 0 Å². The van der Waals surface area contributed by atoms with E-state index in [4.69, 9.17) is 4.74 Å². The predicted molar refractivity (Wildman–Crippen MR) is 108 cm³/mol. The maximum absolute atomic E-state index is 13.2. The molecule has 1 aliphatic heterocycles. The van der Waals surface area contributed by atoms with Crippen LogP contribution in [0.1, 0.15) is 20.7 Å². The molecule has 3 amide bonds. The lowest BCUT2D eigenvalue weighted by molar-refractivity contribution is -0.118. The highest BCUT2D eigenvalue weighted by molar-refractivity contribution is 6.23. The van der Waals surface area contributed by atoms with E-state index in [-0.39, 0.29) is 6.54 Å². The molecule has 3 aromatic carbocycles. The molecular weight excluding hydrogens is 368 g/mol. The molecule has 0 N–H and O–H groups in total. The maximum atomic E-state index is 13.2. The normalized spacial score (nSPS) is 12.7. The molecule has 0 bridgehead atoms. The highest BCUT2D eigenvalue weighted by Gasteiger charge is 2.37. The van der Waals surface area contributed by atoms with Crippen LogP contribution in [0, 0.1) is 0 Å². The van der Waals surface area contributed by atoms with Gasteiger partial charge in [-0.3, -0.25) is 24.2 Å². The van der Waals surface area contributed by atoms with Crippen LogP contribution in [-0.2, 0) is 4.79 Å². The summed E-state index contributed by atoms with van der Waals surface area (Å²) < 4.78 is 5.19. The number of carbonyl (C=O) groups is 3. The Hall–Kier alpha value is -3.93. The lowest BCUT2D eigenvalue weighted by Crippen LogP contribution is -2.41. The van der Waals surface area contributed by atoms with Crippen LogP contribution in [0.2, 0.25) is 0 Å². The summed E-state index contributed by atoms with van der Waals surface area (Å²) in [6.45, 7) is -0.354. The summed E-state index contributed by atoms with van der Waals surface area (Å²) in [6.07, 6.45) is 0. The number of anilines is 2. The van der Waals surface area contributed by atoms with Gasteiger partial charge in [-0.2, -0.15) is 0 Å². The van der Waals surface area contributed by atoms with Crippen LogP contribution < -0.4 is 9.64 Å². The number of amides is 3. The standard InChI is InChI=1S/C23H18N2O4/c1-29-18-13-11-17(12-14-18)25(16-7-3-2-4-8-16)21(26)15-24-22(27)19-9-5-6-10-20(19)23(24)28/h2-14H,15H2,1H3. The molecule has 1 heterocycles. The van der Waals surface area contributed by atoms with Crippen molar-refractivity contribution in [3.05, 3.63) is 90.0 Å². The van der Waals surface area contributed by atoms with Gasteiger partial charge in [-0.1, -0.05) is 30.3 Å². The summed E-state index contributed by atoms with van der Waals surface area (Å²) in [6, 6.07) is 22.7. The third-order valence-electron chi connectivity index (χ3n) is 4.77. The fourth-order valence-corrected chi connectivity index (χ4v) is 3.33. The molecule has 6 nitrogen and oxygen atoms in total. The SMILES string of the molecule is COc1ccc(N(C(=O)CN2C(=O)c3ccccc3C2=O)c2ccccc2)cc1. The van der Waals surface area contributed by atoms with Crippen molar-refractivity contribution >= 4 is 29.1 Å². The number of fused-ring (bicyclic) bond motifs is 1. The molecule has 0 atom stereocenters. The molecule has 0 fully saturated rings. The molecular formula is C23H18N2O4. The van der Waals surface area contributed by atoms with Gasteiger partial charge in [-0.15, -0.1) is 0 Å². The number of carbonyl (C=O) groups excluding carboxylic acids is 3. The average molecular weight is 386 g/mol. The van der Waals surface area contributed by atoms with Gasteiger partial charge in [0, 0.05) is 11.4 Å². The zero-order valence-electron chi connectivity index (χ0n) is 15.7. The van der Waals surface area contributed by atoms with Gasteiger partial charge in [0.15, 0.2) is 0 Å². The average Bonchev–Trinajstić information content (AvgIpc) is 3.00. The summed E-state index contributed by atoms with van der Waals surface area (Å²) in [5, 5.41) is 0. The van der Waals surface area contributed by atoms with Gasteiger partial charge in [0.1, 0.15) is 12.3 Å². The lowest BCUT2D eigenvalue weighted by atomic mass is 10.1. The van der Waals surface area contributed by atoms with E-state index in [1.54, 1.807) is 67.8 Å². The summed E-state index contributed by atoms with van der Waals surface area (Å²) in [5.74, 6) is -0.645. The van der Waals surface area contributed by atoms with Crippen LogP contribution >= 0.6 is 0 Å². The van der Waals surface area contributed by atoms with Crippen molar-refractivity contribution in [2.75, 3.05) is 18.6 Å². The van der Waals surface area contributed by atoms with E-state index in [1.165, 1.54) is 4.90 Å². The predicted octanol–water partition coefficient (Wildman–Crippen LogP) is 3.66. The quantitative estimate of drug-likeness (QED) is 0.628. The zero-order chi connectivity index (χ0) is 20.4. The first-order valence-corrected chi connectivity index (χ1v) is 9.07. The molecule has 1 aliphatic rings. The molecule has 3 aromatic rings.